The van der Waals surface area contributed by atoms with Crippen molar-refractivity contribution in [3.05, 3.63) is 52.2 Å². The number of fused-ring (bicyclic) bond motifs is 1. The van der Waals surface area contributed by atoms with Crippen LogP contribution in [0.3, 0.4) is 0 Å². The van der Waals surface area contributed by atoms with Crippen LogP contribution in [-0.4, -0.2) is 20.1 Å². The van der Waals surface area contributed by atoms with Gasteiger partial charge < -0.3 is 5.11 Å². The number of thiazole rings is 1. The lowest BCUT2D eigenvalue weighted by Gasteiger charge is -2.08. The average Bonchev–Trinajstić information content (AvgIpc) is 2.83. The summed E-state index contributed by atoms with van der Waals surface area (Å²) in [5.41, 5.74) is 3.12. The molecule has 96 valence electrons. The van der Waals surface area contributed by atoms with E-state index in [-0.39, 0.29) is 0 Å². The lowest BCUT2D eigenvalue weighted by Crippen LogP contribution is -2.05. The molecule has 0 saturated heterocycles. The van der Waals surface area contributed by atoms with Crippen molar-refractivity contribution in [1.82, 2.24) is 15.0 Å². The molecule has 5 heteroatoms. The summed E-state index contributed by atoms with van der Waals surface area (Å²) in [6.45, 7) is 1.95. The van der Waals surface area contributed by atoms with Crippen LogP contribution in [0.5, 0.6) is 0 Å². The zero-order valence-corrected chi connectivity index (χ0v) is 11.3. The molecule has 1 N–H and O–H groups in total. The highest BCUT2D eigenvalue weighted by atomic mass is 32.1. The van der Waals surface area contributed by atoms with Crippen molar-refractivity contribution in [3.8, 4) is 0 Å². The summed E-state index contributed by atoms with van der Waals surface area (Å²) in [5, 5.41) is 13.2. The maximum absolute atomic E-state index is 10.2. The van der Waals surface area contributed by atoms with Gasteiger partial charge >= 0.3 is 0 Å². The van der Waals surface area contributed by atoms with Crippen LogP contribution in [0.15, 0.2) is 35.8 Å². The Kier molecular flexibility index (Phi) is 3.23. The number of aliphatic hydroxyl groups is 1. The van der Waals surface area contributed by atoms with E-state index in [9.17, 15) is 5.11 Å². The Morgan fingerprint density at radius 2 is 2.00 bits per heavy atom. The number of aromatic nitrogens is 3. The van der Waals surface area contributed by atoms with E-state index in [2.05, 4.69) is 15.0 Å². The average molecular weight is 271 g/mol. The van der Waals surface area contributed by atoms with Crippen molar-refractivity contribution >= 4 is 22.4 Å². The van der Waals surface area contributed by atoms with Crippen LogP contribution >= 0.6 is 11.3 Å². The standard InChI is InChI=1S/C14H13N3OS/c1-9-16-10(8-19-9)6-14(18)13-7-15-11-4-2-3-5-12(11)17-13/h2-5,7-8,14,18H,6H2,1H3. The fourth-order valence-electron chi connectivity index (χ4n) is 1.94. The Balaban J connectivity index is 1.86. The summed E-state index contributed by atoms with van der Waals surface area (Å²) in [6, 6.07) is 7.63. The largest absolute Gasteiger partial charge is 0.386 e. The lowest BCUT2D eigenvalue weighted by atomic mass is 10.1. The smallest absolute Gasteiger partial charge is 0.103 e. The van der Waals surface area contributed by atoms with Crippen molar-refractivity contribution in [2.24, 2.45) is 0 Å². The van der Waals surface area contributed by atoms with E-state index in [1.807, 2.05) is 36.6 Å². The highest BCUT2D eigenvalue weighted by Crippen LogP contribution is 2.19. The van der Waals surface area contributed by atoms with Crippen LogP contribution in [0, 0.1) is 6.92 Å². The monoisotopic (exact) mass is 271 g/mol. The van der Waals surface area contributed by atoms with Gasteiger partial charge in [-0.3, -0.25) is 4.98 Å². The van der Waals surface area contributed by atoms with Crippen LogP contribution in [0.1, 0.15) is 22.5 Å². The summed E-state index contributed by atoms with van der Waals surface area (Å²) >= 11 is 1.59. The molecule has 0 amide bonds. The van der Waals surface area contributed by atoms with Crippen molar-refractivity contribution in [2.45, 2.75) is 19.4 Å². The number of aliphatic hydroxyl groups excluding tert-OH is 1. The van der Waals surface area contributed by atoms with Gasteiger partial charge in [-0.05, 0) is 19.1 Å². The minimum absolute atomic E-state index is 0.470. The summed E-state index contributed by atoms with van der Waals surface area (Å²) in [7, 11) is 0. The maximum Gasteiger partial charge on any atom is 0.103 e. The molecule has 3 rings (SSSR count). The minimum atomic E-state index is -0.668. The van der Waals surface area contributed by atoms with Gasteiger partial charge in [-0.2, -0.15) is 0 Å². The molecule has 1 atom stereocenters. The third kappa shape index (κ3) is 2.62. The SMILES string of the molecule is Cc1nc(CC(O)c2cnc3ccccc3n2)cs1. The molecule has 0 aliphatic heterocycles. The van der Waals surface area contributed by atoms with E-state index >= 15 is 0 Å². The Morgan fingerprint density at radius 1 is 1.21 bits per heavy atom. The van der Waals surface area contributed by atoms with Gasteiger partial charge in [0.2, 0.25) is 0 Å². The summed E-state index contributed by atoms with van der Waals surface area (Å²) in [5.74, 6) is 0. The molecule has 0 bridgehead atoms. The molecule has 0 radical (unpaired) electrons. The number of rotatable bonds is 3. The van der Waals surface area contributed by atoms with Crippen molar-refractivity contribution in [3.63, 3.8) is 0 Å². The Bertz CT molecular complexity index is 710. The van der Waals surface area contributed by atoms with Crippen LogP contribution in [0.4, 0.5) is 0 Å². The van der Waals surface area contributed by atoms with Gasteiger partial charge in [0.1, 0.15) is 6.10 Å². The summed E-state index contributed by atoms with van der Waals surface area (Å²) in [6.07, 6.45) is 1.43. The summed E-state index contributed by atoms with van der Waals surface area (Å²) in [4.78, 5) is 13.1. The predicted octanol–water partition coefficient (Wildman–Crippen LogP) is 2.67. The first kappa shape index (κ1) is 12.2. The van der Waals surface area contributed by atoms with Gasteiger partial charge in [0, 0.05) is 11.8 Å². The Hall–Kier alpha value is -1.85. The van der Waals surface area contributed by atoms with Crippen molar-refractivity contribution in [1.29, 1.82) is 0 Å². The van der Waals surface area contributed by atoms with Crippen molar-refractivity contribution in [2.75, 3.05) is 0 Å². The molecule has 0 saturated carbocycles. The van der Waals surface area contributed by atoms with E-state index in [1.54, 1.807) is 17.5 Å². The highest BCUT2D eigenvalue weighted by molar-refractivity contribution is 7.09. The third-order valence-electron chi connectivity index (χ3n) is 2.88. The molecule has 0 fully saturated rings. The molecule has 3 aromatic rings. The molecule has 1 aromatic carbocycles. The van der Waals surface area contributed by atoms with Crippen LogP contribution in [-0.2, 0) is 6.42 Å². The second-order valence-electron chi connectivity index (χ2n) is 4.36. The molecule has 2 heterocycles. The van der Waals surface area contributed by atoms with Crippen LogP contribution in [0.25, 0.3) is 11.0 Å². The predicted molar refractivity (Wildman–Crippen MR) is 75.1 cm³/mol. The van der Waals surface area contributed by atoms with Gasteiger partial charge in [0.15, 0.2) is 0 Å². The highest BCUT2D eigenvalue weighted by Gasteiger charge is 2.13. The molecule has 4 nitrogen and oxygen atoms in total. The molecule has 2 aromatic heterocycles. The fraction of sp³-hybridized carbons (Fsp3) is 0.214. The first-order chi connectivity index (χ1) is 9.22. The second kappa shape index (κ2) is 5.03. The fourth-order valence-corrected chi connectivity index (χ4v) is 2.56. The zero-order chi connectivity index (χ0) is 13.2. The molecular formula is C14H13N3OS. The molecule has 0 spiro atoms. The van der Waals surface area contributed by atoms with Crippen LogP contribution < -0.4 is 0 Å². The van der Waals surface area contributed by atoms with E-state index in [1.165, 1.54) is 0 Å². The number of benzene rings is 1. The van der Waals surface area contributed by atoms with Gasteiger partial charge in [0.25, 0.3) is 0 Å². The van der Waals surface area contributed by atoms with Gasteiger partial charge in [-0.1, -0.05) is 12.1 Å². The van der Waals surface area contributed by atoms with E-state index < -0.39 is 6.10 Å². The van der Waals surface area contributed by atoms with E-state index in [0.29, 0.717) is 12.1 Å². The lowest BCUT2D eigenvalue weighted by molar-refractivity contribution is 0.172. The van der Waals surface area contributed by atoms with Gasteiger partial charge in [-0.25, -0.2) is 9.97 Å². The number of hydrogen-bond donors (Lipinski definition) is 1. The topological polar surface area (TPSA) is 58.9 Å². The Labute approximate surface area is 114 Å². The van der Waals surface area contributed by atoms with Gasteiger partial charge in [-0.15, -0.1) is 11.3 Å². The van der Waals surface area contributed by atoms with Crippen LogP contribution in [0.2, 0.25) is 0 Å². The van der Waals surface area contributed by atoms with E-state index in [4.69, 9.17) is 0 Å². The molecule has 0 aliphatic carbocycles. The third-order valence-corrected chi connectivity index (χ3v) is 3.70. The normalized spacial score (nSPS) is 12.7. The maximum atomic E-state index is 10.2. The molecular weight excluding hydrogens is 258 g/mol. The first-order valence-corrected chi connectivity index (χ1v) is 6.91. The second-order valence-corrected chi connectivity index (χ2v) is 5.42. The minimum Gasteiger partial charge on any atom is -0.386 e. The number of para-hydroxylation sites is 2. The zero-order valence-electron chi connectivity index (χ0n) is 10.4. The van der Waals surface area contributed by atoms with Crippen molar-refractivity contribution < 1.29 is 5.11 Å². The summed E-state index contributed by atoms with van der Waals surface area (Å²) < 4.78 is 0. The first-order valence-electron chi connectivity index (χ1n) is 6.03. The molecule has 19 heavy (non-hydrogen) atoms. The quantitative estimate of drug-likeness (QED) is 0.795. The number of hydrogen-bond acceptors (Lipinski definition) is 5. The van der Waals surface area contributed by atoms with E-state index in [0.717, 1.165) is 21.7 Å². The number of aryl methyl sites for hydroxylation is 1. The van der Waals surface area contributed by atoms with Gasteiger partial charge in [0.05, 0.1) is 33.6 Å². The number of nitrogens with zero attached hydrogens (tertiary/aromatic N) is 3. The molecule has 1 unspecified atom stereocenters. The Morgan fingerprint density at radius 3 is 2.74 bits per heavy atom. The molecule has 0 aliphatic rings.